The summed E-state index contributed by atoms with van der Waals surface area (Å²) in [6.07, 6.45) is 15.2. The molecule has 2 amide bonds. The van der Waals surface area contributed by atoms with Gasteiger partial charge in [-0.2, -0.15) is 0 Å². The molecule has 32 heavy (non-hydrogen) atoms. The summed E-state index contributed by atoms with van der Waals surface area (Å²) in [7, 11) is 0. The molecule has 0 spiro atoms. The van der Waals surface area contributed by atoms with Crippen molar-refractivity contribution in [1.82, 2.24) is 20.9 Å². The first-order valence-corrected chi connectivity index (χ1v) is 11.4. The smallest absolute Gasteiger partial charge is 0.315 e. The normalized spacial score (nSPS) is 21.2. The van der Waals surface area contributed by atoms with Gasteiger partial charge in [0.05, 0.1) is 12.2 Å². The first-order valence-electron chi connectivity index (χ1n) is 11.4. The maximum absolute atomic E-state index is 14.5. The Morgan fingerprint density at radius 1 is 1.28 bits per heavy atom. The summed E-state index contributed by atoms with van der Waals surface area (Å²) in [5, 5.41) is 9.13. The van der Waals surface area contributed by atoms with Crippen molar-refractivity contribution in [3.63, 3.8) is 0 Å². The van der Waals surface area contributed by atoms with E-state index in [1.165, 1.54) is 16.7 Å². The van der Waals surface area contributed by atoms with Crippen molar-refractivity contribution in [3.05, 3.63) is 70.6 Å². The highest BCUT2D eigenvalue weighted by Gasteiger charge is 2.23. The van der Waals surface area contributed by atoms with Gasteiger partial charge >= 0.3 is 6.03 Å². The van der Waals surface area contributed by atoms with Gasteiger partial charge in [-0.3, -0.25) is 0 Å². The van der Waals surface area contributed by atoms with E-state index in [1.54, 1.807) is 19.2 Å². The van der Waals surface area contributed by atoms with Crippen LogP contribution in [0.15, 0.2) is 63.4 Å². The zero-order chi connectivity index (χ0) is 22.5. The third-order valence-electron chi connectivity index (χ3n) is 6.08. The number of aryl methyl sites for hydroxylation is 1. The first kappa shape index (κ1) is 22.1. The van der Waals surface area contributed by atoms with Crippen LogP contribution in [0.3, 0.4) is 0 Å². The lowest BCUT2D eigenvalue weighted by Gasteiger charge is -2.27. The SMILES string of the molecule is Cc1ncc(C2=CC=C(NCCNC(=O)N[C@@H](C)C3=CCCC4=C3CCC=C4)CC2F)o1. The summed E-state index contributed by atoms with van der Waals surface area (Å²) in [6, 6.07) is -0.223. The summed E-state index contributed by atoms with van der Waals surface area (Å²) in [5.74, 6) is 0.991. The van der Waals surface area contributed by atoms with Gasteiger partial charge in [0.2, 0.25) is 0 Å². The molecule has 0 radical (unpaired) electrons. The van der Waals surface area contributed by atoms with Crippen molar-refractivity contribution in [3.8, 4) is 0 Å². The molecule has 1 aromatic heterocycles. The topological polar surface area (TPSA) is 79.2 Å². The number of allylic oxidation sites excluding steroid dienone is 8. The van der Waals surface area contributed by atoms with Crippen LogP contribution in [0, 0.1) is 6.92 Å². The number of hydrogen-bond acceptors (Lipinski definition) is 4. The van der Waals surface area contributed by atoms with Crippen LogP contribution in [-0.2, 0) is 0 Å². The van der Waals surface area contributed by atoms with E-state index in [0.29, 0.717) is 30.3 Å². The van der Waals surface area contributed by atoms with Gasteiger partial charge in [0.1, 0.15) is 6.17 Å². The van der Waals surface area contributed by atoms with E-state index in [2.05, 4.69) is 39.2 Å². The molecule has 2 atom stereocenters. The molecule has 3 aliphatic carbocycles. The van der Waals surface area contributed by atoms with Crippen LogP contribution in [-0.4, -0.2) is 36.3 Å². The van der Waals surface area contributed by atoms with Crippen molar-refractivity contribution in [2.24, 2.45) is 0 Å². The number of amides is 2. The third kappa shape index (κ3) is 5.21. The minimum Gasteiger partial charge on any atom is -0.441 e. The lowest BCUT2D eigenvalue weighted by atomic mass is 9.82. The number of urea groups is 1. The number of halogens is 1. The number of carbonyl (C=O) groups excluding carboxylic acids is 1. The van der Waals surface area contributed by atoms with Crippen LogP contribution in [0.5, 0.6) is 0 Å². The van der Waals surface area contributed by atoms with Crippen LogP contribution in [0.1, 0.15) is 50.7 Å². The van der Waals surface area contributed by atoms with E-state index in [-0.39, 0.29) is 18.5 Å². The van der Waals surface area contributed by atoms with E-state index in [4.69, 9.17) is 4.42 Å². The molecule has 0 aromatic carbocycles. The number of rotatable bonds is 7. The molecule has 3 aliphatic rings. The number of hydrogen-bond donors (Lipinski definition) is 3. The second-order valence-corrected chi connectivity index (χ2v) is 8.42. The number of aromatic nitrogens is 1. The molecule has 7 heteroatoms. The first-order chi connectivity index (χ1) is 15.5. The quantitative estimate of drug-likeness (QED) is 0.542. The second-order valence-electron chi connectivity index (χ2n) is 8.42. The molecule has 0 aliphatic heterocycles. The minimum absolute atomic E-state index is 0.0311. The molecule has 0 bridgehead atoms. The van der Waals surface area contributed by atoms with Crippen LogP contribution in [0.25, 0.3) is 5.57 Å². The molecule has 6 nitrogen and oxygen atoms in total. The molecule has 3 N–H and O–H groups in total. The van der Waals surface area contributed by atoms with E-state index in [0.717, 1.165) is 31.4 Å². The summed E-state index contributed by atoms with van der Waals surface area (Å²) >= 11 is 0. The largest absolute Gasteiger partial charge is 0.441 e. The summed E-state index contributed by atoms with van der Waals surface area (Å²) in [5.41, 5.74) is 5.35. The minimum atomic E-state index is -1.15. The number of nitrogens with zero attached hydrogens (tertiary/aromatic N) is 1. The van der Waals surface area contributed by atoms with Crippen molar-refractivity contribution in [1.29, 1.82) is 0 Å². The Hall–Kier alpha value is -3.09. The van der Waals surface area contributed by atoms with E-state index >= 15 is 0 Å². The van der Waals surface area contributed by atoms with Gasteiger partial charge in [-0.25, -0.2) is 14.2 Å². The molecule has 1 aromatic rings. The Balaban J connectivity index is 1.21. The van der Waals surface area contributed by atoms with Gasteiger partial charge in [-0.1, -0.05) is 24.3 Å². The fourth-order valence-corrected chi connectivity index (χ4v) is 4.48. The van der Waals surface area contributed by atoms with Gasteiger partial charge in [0.25, 0.3) is 0 Å². The molecule has 170 valence electrons. The van der Waals surface area contributed by atoms with Crippen molar-refractivity contribution >= 4 is 11.6 Å². The number of nitrogens with one attached hydrogen (secondary N) is 3. The Bertz CT molecular complexity index is 1010. The molecule has 0 fully saturated rings. The molecular weight excluding hydrogens is 407 g/mol. The lowest BCUT2D eigenvalue weighted by Crippen LogP contribution is -2.44. The monoisotopic (exact) mass is 438 g/mol. The zero-order valence-corrected chi connectivity index (χ0v) is 18.7. The lowest BCUT2D eigenvalue weighted by molar-refractivity contribution is 0.239. The zero-order valence-electron chi connectivity index (χ0n) is 18.7. The highest BCUT2D eigenvalue weighted by Crippen LogP contribution is 2.34. The van der Waals surface area contributed by atoms with Crippen LogP contribution in [0.4, 0.5) is 9.18 Å². The summed E-state index contributed by atoms with van der Waals surface area (Å²) in [6.45, 7) is 4.74. The van der Waals surface area contributed by atoms with Crippen molar-refractivity contribution in [2.45, 2.75) is 58.2 Å². The second kappa shape index (κ2) is 10.0. The van der Waals surface area contributed by atoms with Gasteiger partial charge in [-0.15, -0.1) is 0 Å². The Morgan fingerprint density at radius 2 is 2.16 bits per heavy atom. The number of oxazole rings is 1. The molecule has 1 unspecified atom stereocenters. The predicted molar refractivity (Wildman–Crippen MR) is 124 cm³/mol. The highest BCUT2D eigenvalue weighted by atomic mass is 19.1. The number of alkyl halides is 1. The van der Waals surface area contributed by atoms with E-state index in [1.807, 2.05) is 13.0 Å². The van der Waals surface area contributed by atoms with Gasteiger partial charge < -0.3 is 20.4 Å². The number of carbonyl (C=O) groups is 1. The molecule has 0 saturated heterocycles. The van der Waals surface area contributed by atoms with Gasteiger partial charge in [-0.05, 0) is 55.4 Å². The highest BCUT2D eigenvalue weighted by molar-refractivity contribution is 5.75. The fourth-order valence-electron chi connectivity index (χ4n) is 4.48. The molecule has 1 heterocycles. The predicted octanol–water partition coefficient (Wildman–Crippen LogP) is 4.64. The maximum Gasteiger partial charge on any atom is 0.315 e. The van der Waals surface area contributed by atoms with Gasteiger partial charge in [0, 0.05) is 37.7 Å². The average Bonchev–Trinajstić information content (AvgIpc) is 3.22. The Kier molecular flexibility index (Phi) is 6.93. The average molecular weight is 439 g/mol. The Morgan fingerprint density at radius 3 is 2.94 bits per heavy atom. The standard InChI is InChI=1S/C25H31FN4O2/c1-16(20-9-5-7-18-6-3-4-8-21(18)20)30-25(31)28-13-12-27-19-10-11-22(23(26)14-19)24-15-29-17(2)32-24/h3,6,9-11,15-16,23,27H,4-5,7-8,12-14H2,1-2H3,(H2,28,30,31)/t16-,23?/m0/s1. The third-order valence-corrected chi connectivity index (χ3v) is 6.08. The molecule has 0 saturated carbocycles. The van der Waals surface area contributed by atoms with Crippen LogP contribution < -0.4 is 16.0 Å². The maximum atomic E-state index is 14.5. The van der Waals surface area contributed by atoms with Crippen molar-refractivity contribution in [2.75, 3.05) is 13.1 Å². The van der Waals surface area contributed by atoms with Gasteiger partial charge in [0.15, 0.2) is 11.7 Å². The summed E-state index contributed by atoms with van der Waals surface area (Å²) in [4.78, 5) is 16.4. The Labute approximate surface area is 188 Å². The fraction of sp³-hybridized carbons (Fsp3) is 0.440. The molecule has 4 rings (SSSR count). The van der Waals surface area contributed by atoms with E-state index < -0.39 is 6.17 Å². The van der Waals surface area contributed by atoms with Crippen LogP contribution >= 0.6 is 0 Å². The van der Waals surface area contributed by atoms with Crippen LogP contribution in [0.2, 0.25) is 0 Å². The van der Waals surface area contributed by atoms with E-state index in [9.17, 15) is 9.18 Å². The molecular formula is C25H31FN4O2. The summed E-state index contributed by atoms with van der Waals surface area (Å²) < 4.78 is 20.0. The van der Waals surface area contributed by atoms with Crippen molar-refractivity contribution < 1.29 is 13.6 Å².